The Bertz CT molecular complexity index is 922. The predicted molar refractivity (Wildman–Crippen MR) is 118 cm³/mol. The van der Waals surface area contributed by atoms with Gasteiger partial charge < -0.3 is 15.9 Å². The van der Waals surface area contributed by atoms with E-state index in [1.54, 1.807) is 0 Å². The highest BCUT2D eigenvalue weighted by Gasteiger charge is 2.51. The van der Waals surface area contributed by atoms with Crippen molar-refractivity contribution in [3.8, 4) is 5.75 Å². The number of hydrogen-bond donors (Lipinski definition) is 3. The Hall–Kier alpha value is -2.33. The number of nitrogens with two attached hydrogens (primary N) is 1. The number of hydrogen-bond acceptors (Lipinski definition) is 3. The molecule has 4 N–H and O–H groups in total. The molecule has 0 spiro atoms. The van der Waals surface area contributed by atoms with Crippen molar-refractivity contribution >= 4 is 5.91 Å². The maximum absolute atomic E-state index is 11.2. The third kappa shape index (κ3) is 3.98. The average Bonchev–Trinajstić information content (AvgIpc) is 2.69. The van der Waals surface area contributed by atoms with Gasteiger partial charge in [-0.15, -0.1) is 0 Å². The third-order valence-corrected chi connectivity index (χ3v) is 7.47. The number of carbonyl (C=O) groups excluding carboxylic acids is 1. The lowest BCUT2D eigenvalue weighted by molar-refractivity contribution is -0.117. The zero-order valence-corrected chi connectivity index (χ0v) is 17.9. The number of benzene rings is 2. The van der Waals surface area contributed by atoms with E-state index >= 15 is 0 Å². The molecule has 1 fully saturated rings. The first kappa shape index (κ1) is 20.9. The van der Waals surface area contributed by atoms with Gasteiger partial charge in [0.1, 0.15) is 5.75 Å². The van der Waals surface area contributed by atoms with Crippen LogP contribution in [-0.4, -0.2) is 21.7 Å². The van der Waals surface area contributed by atoms with E-state index in [9.17, 15) is 15.0 Å². The topological polar surface area (TPSA) is 83.5 Å². The quantitative estimate of drug-likeness (QED) is 0.672. The molecule has 0 saturated heterocycles. The van der Waals surface area contributed by atoms with Gasteiger partial charge in [-0.3, -0.25) is 4.79 Å². The summed E-state index contributed by atoms with van der Waals surface area (Å²) >= 11 is 0. The monoisotopic (exact) mass is 407 g/mol. The second-order valence-electron chi connectivity index (χ2n) is 9.55. The second-order valence-corrected chi connectivity index (χ2v) is 9.55. The van der Waals surface area contributed by atoms with Crippen molar-refractivity contribution < 1.29 is 15.0 Å². The summed E-state index contributed by atoms with van der Waals surface area (Å²) in [4.78, 5) is 11.2. The van der Waals surface area contributed by atoms with Crippen molar-refractivity contribution in [2.45, 2.75) is 75.7 Å². The predicted octanol–water partition coefficient (Wildman–Crippen LogP) is 4.18. The molecule has 0 aliphatic heterocycles. The number of aliphatic hydroxyl groups is 1. The molecule has 3 atom stereocenters. The van der Waals surface area contributed by atoms with Crippen molar-refractivity contribution in [1.29, 1.82) is 0 Å². The minimum absolute atomic E-state index is 0.0214. The van der Waals surface area contributed by atoms with Crippen LogP contribution >= 0.6 is 0 Å². The third-order valence-electron chi connectivity index (χ3n) is 7.47. The molecule has 4 rings (SSSR count). The van der Waals surface area contributed by atoms with Crippen LogP contribution < -0.4 is 5.73 Å². The van der Waals surface area contributed by atoms with Gasteiger partial charge in [0.25, 0.3) is 0 Å². The molecule has 2 aliphatic rings. The molecule has 2 aromatic rings. The number of carbonyl (C=O) groups is 1. The first-order valence-corrected chi connectivity index (χ1v) is 11.2. The summed E-state index contributed by atoms with van der Waals surface area (Å²) < 4.78 is 0. The Morgan fingerprint density at radius 2 is 1.87 bits per heavy atom. The molecule has 4 nitrogen and oxygen atoms in total. The smallest absolute Gasteiger partial charge is 0.221 e. The SMILES string of the molecule is CCCC1(O)CCC2(Cc3ccc(CC(N)=O)cc3)c3ccc(O)cc3CCC2C1. The fourth-order valence-electron chi connectivity index (χ4n) is 6.11. The molecule has 4 heteroatoms. The Kier molecular flexibility index (Phi) is 5.63. The summed E-state index contributed by atoms with van der Waals surface area (Å²) in [5, 5.41) is 21.3. The molecule has 0 aromatic heterocycles. The first-order chi connectivity index (χ1) is 14.3. The van der Waals surface area contributed by atoms with Crippen LogP contribution in [0.15, 0.2) is 42.5 Å². The van der Waals surface area contributed by atoms with Crippen LogP contribution in [0.5, 0.6) is 5.75 Å². The largest absolute Gasteiger partial charge is 0.508 e. The molecule has 1 saturated carbocycles. The van der Waals surface area contributed by atoms with Gasteiger partial charge in [0.05, 0.1) is 12.0 Å². The van der Waals surface area contributed by atoms with Gasteiger partial charge in [0.2, 0.25) is 5.91 Å². The summed E-state index contributed by atoms with van der Waals surface area (Å²) in [5.41, 5.74) is 9.53. The van der Waals surface area contributed by atoms with E-state index in [-0.39, 0.29) is 17.7 Å². The van der Waals surface area contributed by atoms with Crippen LogP contribution in [0.1, 0.15) is 67.7 Å². The Morgan fingerprint density at radius 1 is 1.13 bits per heavy atom. The Balaban J connectivity index is 1.69. The number of phenolic OH excluding ortho intramolecular Hbond substituents is 1. The lowest BCUT2D eigenvalue weighted by Crippen LogP contribution is -2.51. The fraction of sp³-hybridized carbons (Fsp3) is 0.500. The lowest BCUT2D eigenvalue weighted by atomic mass is 9.52. The van der Waals surface area contributed by atoms with Gasteiger partial charge in [0, 0.05) is 5.41 Å². The number of primary amides is 1. The second kappa shape index (κ2) is 8.07. The zero-order chi connectivity index (χ0) is 21.4. The summed E-state index contributed by atoms with van der Waals surface area (Å²) in [6.07, 6.45) is 7.66. The molecule has 0 radical (unpaired) electrons. The van der Waals surface area contributed by atoms with Gasteiger partial charge >= 0.3 is 0 Å². The molecule has 30 heavy (non-hydrogen) atoms. The highest BCUT2D eigenvalue weighted by Crippen LogP contribution is 2.55. The van der Waals surface area contributed by atoms with E-state index < -0.39 is 5.60 Å². The number of rotatable bonds is 6. The summed E-state index contributed by atoms with van der Waals surface area (Å²) in [5.74, 6) is 0.437. The van der Waals surface area contributed by atoms with Crippen LogP contribution in [0.3, 0.4) is 0 Å². The van der Waals surface area contributed by atoms with Gasteiger partial charge in [0.15, 0.2) is 0 Å². The molecule has 160 valence electrons. The zero-order valence-electron chi connectivity index (χ0n) is 17.9. The molecule has 3 unspecified atom stereocenters. The molecule has 2 aromatic carbocycles. The summed E-state index contributed by atoms with van der Waals surface area (Å²) in [6.45, 7) is 2.15. The molecular formula is C26H33NO3. The summed E-state index contributed by atoms with van der Waals surface area (Å²) in [6, 6.07) is 14.1. The van der Waals surface area contributed by atoms with Gasteiger partial charge in [-0.05, 0) is 85.3 Å². The fourth-order valence-corrected chi connectivity index (χ4v) is 6.11. The van der Waals surface area contributed by atoms with Crippen molar-refractivity contribution in [3.63, 3.8) is 0 Å². The van der Waals surface area contributed by atoms with Crippen molar-refractivity contribution in [2.24, 2.45) is 11.7 Å². The highest BCUT2D eigenvalue weighted by molar-refractivity contribution is 5.76. The average molecular weight is 408 g/mol. The molecule has 2 aliphatic carbocycles. The number of aromatic hydroxyl groups is 1. The highest BCUT2D eigenvalue weighted by atomic mass is 16.3. The Labute approximate surface area is 179 Å². The van der Waals surface area contributed by atoms with Gasteiger partial charge in [-0.2, -0.15) is 0 Å². The van der Waals surface area contributed by atoms with E-state index in [4.69, 9.17) is 5.73 Å². The number of phenols is 1. The van der Waals surface area contributed by atoms with Crippen molar-refractivity contribution in [3.05, 3.63) is 64.7 Å². The number of fused-ring (bicyclic) bond motifs is 3. The minimum atomic E-state index is -0.553. The van der Waals surface area contributed by atoms with Crippen molar-refractivity contribution in [2.75, 3.05) is 0 Å². The van der Waals surface area contributed by atoms with Crippen LogP contribution in [0.25, 0.3) is 0 Å². The first-order valence-electron chi connectivity index (χ1n) is 11.2. The maximum Gasteiger partial charge on any atom is 0.221 e. The van der Waals surface area contributed by atoms with Crippen LogP contribution in [-0.2, 0) is 29.5 Å². The lowest BCUT2D eigenvalue weighted by Gasteiger charge is -2.53. The van der Waals surface area contributed by atoms with E-state index in [2.05, 4.69) is 25.1 Å². The molecule has 1 amide bonds. The Morgan fingerprint density at radius 3 is 2.57 bits per heavy atom. The summed E-state index contributed by atoms with van der Waals surface area (Å²) in [7, 11) is 0. The van der Waals surface area contributed by atoms with E-state index in [1.165, 1.54) is 16.7 Å². The standard InChI is InChI=1S/C26H33NO3/c1-2-11-25(30)12-13-26(16-19-5-3-18(4-6-19)14-24(27)29)21(17-25)8-7-20-15-22(28)9-10-23(20)26/h3-6,9-10,15,21,28,30H,2,7-8,11-14,16-17H2,1H3,(H2,27,29). The minimum Gasteiger partial charge on any atom is -0.508 e. The van der Waals surface area contributed by atoms with E-state index in [0.29, 0.717) is 11.7 Å². The number of amides is 1. The van der Waals surface area contributed by atoms with E-state index in [0.717, 1.165) is 56.9 Å². The van der Waals surface area contributed by atoms with Gasteiger partial charge in [-0.1, -0.05) is 43.7 Å². The van der Waals surface area contributed by atoms with E-state index in [1.807, 2.05) is 24.3 Å². The van der Waals surface area contributed by atoms with Crippen molar-refractivity contribution in [1.82, 2.24) is 0 Å². The van der Waals surface area contributed by atoms with Crippen LogP contribution in [0.2, 0.25) is 0 Å². The molecule has 0 heterocycles. The normalized spacial score (nSPS) is 27.9. The van der Waals surface area contributed by atoms with Gasteiger partial charge in [-0.25, -0.2) is 0 Å². The molecule has 0 bridgehead atoms. The molecular weight excluding hydrogens is 374 g/mol. The number of aryl methyl sites for hydroxylation is 1. The van der Waals surface area contributed by atoms with Crippen LogP contribution in [0, 0.1) is 5.92 Å². The maximum atomic E-state index is 11.2. The van der Waals surface area contributed by atoms with Crippen LogP contribution in [0.4, 0.5) is 0 Å².